The van der Waals surface area contributed by atoms with Crippen LogP contribution in [0.3, 0.4) is 0 Å². The lowest BCUT2D eigenvalue weighted by Gasteiger charge is -2.40. The largest absolute Gasteiger partial charge is 0.342 e. The zero-order valence-electron chi connectivity index (χ0n) is 20.2. The van der Waals surface area contributed by atoms with Gasteiger partial charge < -0.3 is 9.88 Å². The standard InChI is InChI=1S/C29H26ClN5O/c1-19-8-11-27-24(14-19)20(2)26-12-13-29(16-35(26)27,21-6-4-3-5-7-21)33-28(36)23-10-9-22(15-25(23)30)34-17-31-32-18-34/h3-11,14-15,17-18H,12-13,16H2,1-2H3,(H,33,36). The molecule has 6 rings (SSSR count). The van der Waals surface area contributed by atoms with Crippen LogP contribution in [-0.2, 0) is 18.5 Å². The number of halogens is 1. The van der Waals surface area contributed by atoms with Gasteiger partial charge >= 0.3 is 0 Å². The van der Waals surface area contributed by atoms with Gasteiger partial charge in [-0.15, -0.1) is 10.2 Å². The van der Waals surface area contributed by atoms with Gasteiger partial charge in [0.05, 0.1) is 22.7 Å². The van der Waals surface area contributed by atoms with E-state index in [1.807, 2.05) is 24.3 Å². The normalized spacial score (nSPS) is 17.2. The Morgan fingerprint density at radius 2 is 1.78 bits per heavy atom. The van der Waals surface area contributed by atoms with Crippen LogP contribution in [0.25, 0.3) is 16.6 Å². The fourth-order valence-electron chi connectivity index (χ4n) is 5.51. The fourth-order valence-corrected chi connectivity index (χ4v) is 5.77. The van der Waals surface area contributed by atoms with Crippen molar-refractivity contribution in [1.82, 2.24) is 24.6 Å². The van der Waals surface area contributed by atoms with Gasteiger partial charge in [-0.25, -0.2) is 0 Å². The molecule has 6 nitrogen and oxygen atoms in total. The summed E-state index contributed by atoms with van der Waals surface area (Å²) in [4.78, 5) is 13.7. The summed E-state index contributed by atoms with van der Waals surface area (Å²) < 4.78 is 4.14. The molecular weight excluding hydrogens is 470 g/mol. The van der Waals surface area contributed by atoms with Gasteiger partial charge in [0.1, 0.15) is 12.7 Å². The van der Waals surface area contributed by atoms with Crippen LogP contribution in [0, 0.1) is 13.8 Å². The molecule has 1 aliphatic heterocycles. The van der Waals surface area contributed by atoms with Crippen LogP contribution >= 0.6 is 11.6 Å². The Bertz CT molecular complexity index is 1590. The molecule has 1 amide bonds. The molecule has 3 aromatic carbocycles. The molecule has 0 saturated carbocycles. The third kappa shape index (κ3) is 3.69. The number of aromatic nitrogens is 4. The minimum Gasteiger partial charge on any atom is -0.342 e. The van der Waals surface area contributed by atoms with Crippen molar-refractivity contribution in [1.29, 1.82) is 0 Å². The lowest BCUT2D eigenvalue weighted by molar-refractivity contribution is 0.0868. The molecule has 0 fully saturated rings. The van der Waals surface area contributed by atoms with Crippen molar-refractivity contribution in [2.75, 3.05) is 0 Å². The molecule has 1 atom stereocenters. The quantitative estimate of drug-likeness (QED) is 0.344. The molecule has 1 aliphatic rings. The number of carbonyl (C=O) groups excluding carboxylic acids is 1. The first-order chi connectivity index (χ1) is 17.4. The Hall–Kier alpha value is -3.90. The maximum atomic E-state index is 13.7. The molecular formula is C29H26ClN5O. The van der Waals surface area contributed by atoms with Crippen molar-refractivity contribution >= 4 is 28.4 Å². The number of rotatable bonds is 4. The van der Waals surface area contributed by atoms with Crippen LogP contribution < -0.4 is 5.32 Å². The molecule has 0 spiro atoms. The molecule has 5 aromatic rings. The number of nitrogens with zero attached hydrogens (tertiary/aromatic N) is 4. The van der Waals surface area contributed by atoms with Crippen molar-refractivity contribution in [3.05, 3.63) is 112 Å². The Morgan fingerprint density at radius 1 is 1.00 bits per heavy atom. The van der Waals surface area contributed by atoms with E-state index in [0.29, 0.717) is 17.1 Å². The third-order valence-corrected chi connectivity index (χ3v) is 7.73. The number of amides is 1. The van der Waals surface area contributed by atoms with Crippen LogP contribution in [0.1, 0.15) is 39.2 Å². The van der Waals surface area contributed by atoms with E-state index in [2.05, 4.69) is 64.3 Å². The van der Waals surface area contributed by atoms with Gasteiger partial charge in [0.25, 0.3) is 5.91 Å². The van der Waals surface area contributed by atoms with Crippen molar-refractivity contribution in [2.45, 2.75) is 38.8 Å². The van der Waals surface area contributed by atoms with Gasteiger partial charge in [0, 0.05) is 22.3 Å². The summed E-state index contributed by atoms with van der Waals surface area (Å²) in [7, 11) is 0. The molecule has 1 N–H and O–H groups in total. The number of fused-ring (bicyclic) bond motifs is 3. The van der Waals surface area contributed by atoms with Gasteiger partial charge in [-0.05, 0) is 68.1 Å². The highest BCUT2D eigenvalue weighted by Crippen LogP contribution is 2.39. The Morgan fingerprint density at radius 3 is 2.53 bits per heavy atom. The fraction of sp³-hybridized carbons (Fsp3) is 0.207. The van der Waals surface area contributed by atoms with Gasteiger partial charge in [-0.1, -0.05) is 53.6 Å². The lowest BCUT2D eigenvalue weighted by atomic mass is 9.81. The van der Waals surface area contributed by atoms with Crippen molar-refractivity contribution in [3.8, 4) is 5.69 Å². The second kappa shape index (κ2) is 8.64. The zero-order valence-corrected chi connectivity index (χ0v) is 21.0. The molecule has 0 bridgehead atoms. The van der Waals surface area contributed by atoms with Crippen molar-refractivity contribution in [2.24, 2.45) is 0 Å². The Kier molecular flexibility index (Phi) is 5.41. The number of aryl methyl sites for hydroxylation is 2. The summed E-state index contributed by atoms with van der Waals surface area (Å²) in [5.74, 6) is -0.188. The Labute approximate surface area is 214 Å². The minimum atomic E-state index is -0.565. The SMILES string of the molecule is Cc1ccc2c(c1)c(C)c1n2CC(NC(=O)c2ccc(-n3cnnc3)cc2Cl)(c2ccccc2)CC1. The number of hydrogen-bond donors (Lipinski definition) is 1. The molecule has 2 aromatic heterocycles. The topological polar surface area (TPSA) is 64.7 Å². The molecule has 0 saturated heterocycles. The van der Waals surface area contributed by atoms with Gasteiger partial charge in [-0.3, -0.25) is 9.36 Å². The van der Waals surface area contributed by atoms with E-state index in [-0.39, 0.29) is 5.91 Å². The number of hydrogen-bond acceptors (Lipinski definition) is 3. The predicted octanol–water partition coefficient (Wildman–Crippen LogP) is 5.76. The van der Waals surface area contributed by atoms with E-state index < -0.39 is 5.54 Å². The van der Waals surface area contributed by atoms with E-state index in [0.717, 1.165) is 24.1 Å². The van der Waals surface area contributed by atoms with Crippen LogP contribution in [-0.4, -0.2) is 25.2 Å². The Balaban J connectivity index is 1.40. The smallest absolute Gasteiger partial charge is 0.253 e. The minimum absolute atomic E-state index is 0.188. The zero-order chi connectivity index (χ0) is 24.9. The first-order valence-electron chi connectivity index (χ1n) is 12.1. The summed E-state index contributed by atoms with van der Waals surface area (Å²) in [5, 5.41) is 12.8. The molecule has 36 heavy (non-hydrogen) atoms. The van der Waals surface area contributed by atoms with E-state index in [1.165, 1.54) is 27.7 Å². The van der Waals surface area contributed by atoms with Crippen molar-refractivity contribution in [3.63, 3.8) is 0 Å². The average molecular weight is 496 g/mol. The number of carbonyl (C=O) groups is 1. The maximum Gasteiger partial charge on any atom is 0.253 e. The molecule has 3 heterocycles. The average Bonchev–Trinajstić information content (AvgIpc) is 3.52. The van der Waals surface area contributed by atoms with E-state index in [4.69, 9.17) is 11.6 Å². The van der Waals surface area contributed by atoms with E-state index in [9.17, 15) is 4.79 Å². The molecule has 0 aliphatic carbocycles. The number of nitrogens with one attached hydrogen (secondary N) is 1. The van der Waals surface area contributed by atoms with Crippen molar-refractivity contribution < 1.29 is 4.79 Å². The van der Waals surface area contributed by atoms with Crippen LogP contribution in [0.15, 0.2) is 79.4 Å². The lowest BCUT2D eigenvalue weighted by Crippen LogP contribution is -2.51. The highest BCUT2D eigenvalue weighted by Gasteiger charge is 2.39. The maximum absolute atomic E-state index is 13.7. The third-order valence-electron chi connectivity index (χ3n) is 7.42. The summed E-state index contributed by atoms with van der Waals surface area (Å²) >= 11 is 6.61. The second-order valence-corrected chi connectivity index (χ2v) is 10.0. The van der Waals surface area contributed by atoms with Crippen LogP contribution in [0.2, 0.25) is 5.02 Å². The summed E-state index contributed by atoms with van der Waals surface area (Å²) in [5.41, 5.74) is 6.89. The van der Waals surface area contributed by atoms with Gasteiger partial charge in [0.2, 0.25) is 0 Å². The first kappa shape index (κ1) is 22.6. The summed E-state index contributed by atoms with van der Waals surface area (Å²) in [6, 6.07) is 22.3. The van der Waals surface area contributed by atoms with E-state index >= 15 is 0 Å². The monoisotopic (exact) mass is 495 g/mol. The first-order valence-corrected chi connectivity index (χ1v) is 12.4. The summed E-state index contributed by atoms with van der Waals surface area (Å²) in [6.07, 6.45) is 4.87. The number of benzene rings is 3. The highest BCUT2D eigenvalue weighted by atomic mass is 35.5. The van der Waals surface area contributed by atoms with E-state index in [1.54, 1.807) is 29.4 Å². The highest BCUT2D eigenvalue weighted by molar-refractivity contribution is 6.34. The summed E-state index contributed by atoms with van der Waals surface area (Å²) in [6.45, 7) is 4.99. The molecule has 0 radical (unpaired) electrons. The molecule has 180 valence electrons. The molecule has 7 heteroatoms. The van der Waals surface area contributed by atoms with Crippen LogP contribution in [0.5, 0.6) is 0 Å². The molecule has 1 unspecified atom stereocenters. The second-order valence-electron chi connectivity index (χ2n) is 9.61. The van der Waals surface area contributed by atoms with Gasteiger partial charge in [-0.2, -0.15) is 0 Å². The van der Waals surface area contributed by atoms with Gasteiger partial charge in [0.15, 0.2) is 0 Å². The van der Waals surface area contributed by atoms with Crippen LogP contribution in [0.4, 0.5) is 0 Å². The predicted molar refractivity (Wildman–Crippen MR) is 142 cm³/mol.